The van der Waals surface area contributed by atoms with Crippen LogP contribution in [0.3, 0.4) is 0 Å². The summed E-state index contributed by atoms with van der Waals surface area (Å²) in [7, 11) is 1.61. The van der Waals surface area contributed by atoms with Crippen LogP contribution >= 0.6 is 0 Å². The van der Waals surface area contributed by atoms with Crippen LogP contribution in [0, 0.1) is 0 Å². The van der Waals surface area contributed by atoms with Crippen LogP contribution in [0.2, 0.25) is 0 Å². The molecule has 0 aliphatic rings. The predicted octanol–water partition coefficient (Wildman–Crippen LogP) is 3.24. The van der Waals surface area contributed by atoms with Gasteiger partial charge in [0.25, 0.3) is 0 Å². The molecular formula is C13H28N2O. The molecule has 96 valence electrons. The normalized spacial score (nSPS) is 10.4. The molecule has 0 aromatic heterocycles. The van der Waals surface area contributed by atoms with Gasteiger partial charge < -0.3 is 0 Å². The third-order valence-corrected chi connectivity index (χ3v) is 2.89. The van der Waals surface area contributed by atoms with Gasteiger partial charge in [0.1, 0.15) is 0 Å². The highest BCUT2D eigenvalue weighted by Gasteiger charge is 2.02. The Bertz CT molecular complexity index is 169. The number of carbonyl (C=O) groups excluding carboxylic acids is 1. The van der Waals surface area contributed by atoms with E-state index in [1.54, 1.807) is 7.05 Å². The Hall–Kier alpha value is -0.570. The molecule has 0 radical (unpaired) electrons. The molecule has 0 aromatic carbocycles. The highest BCUT2D eigenvalue weighted by atomic mass is 16.2. The fourth-order valence-electron chi connectivity index (χ4n) is 1.76. The molecule has 0 rings (SSSR count). The highest BCUT2D eigenvalue weighted by molar-refractivity contribution is 5.75. The third-order valence-electron chi connectivity index (χ3n) is 2.89. The Balaban J connectivity index is 3.07. The van der Waals surface area contributed by atoms with E-state index in [0.29, 0.717) is 6.42 Å². The number of carbonyl (C=O) groups is 1. The molecule has 0 heterocycles. The lowest BCUT2D eigenvalue weighted by Gasteiger charge is -2.09. The van der Waals surface area contributed by atoms with Crippen molar-refractivity contribution in [2.75, 3.05) is 7.05 Å². The van der Waals surface area contributed by atoms with Crippen LogP contribution in [-0.2, 0) is 4.79 Å². The van der Waals surface area contributed by atoms with Crippen LogP contribution in [0.5, 0.6) is 0 Å². The summed E-state index contributed by atoms with van der Waals surface area (Å²) in [5, 5.41) is 1.19. The second-order valence-electron chi connectivity index (χ2n) is 4.58. The summed E-state index contributed by atoms with van der Waals surface area (Å²) in [5.41, 5.74) is 0. The summed E-state index contributed by atoms with van der Waals surface area (Å²) >= 11 is 0. The van der Waals surface area contributed by atoms with Gasteiger partial charge in [-0.1, -0.05) is 58.3 Å². The van der Waals surface area contributed by atoms with Crippen LogP contribution in [0.4, 0.5) is 0 Å². The maximum atomic E-state index is 11.2. The van der Waals surface area contributed by atoms with Crippen molar-refractivity contribution in [1.82, 2.24) is 5.01 Å². The number of amides is 1. The Morgan fingerprint density at radius 2 is 1.38 bits per heavy atom. The van der Waals surface area contributed by atoms with Crippen molar-refractivity contribution in [3.05, 3.63) is 0 Å². The van der Waals surface area contributed by atoms with Crippen LogP contribution < -0.4 is 5.84 Å². The van der Waals surface area contributed by atoms with Gasteiger partial charge >= 0.3 is 0 Å². The zero-order chi connectivity index (χ0) is 12.2. The topological polar surface area (TPSA) is 46.3 Å². The Kier molecular flexibility index (Phi) is 10.5. The molecule has 0 aromatic rings. The van der Waals surface area contributed by atoms with E-state index in [4.69, 9.17) is 5.84 Å². The molecule has 2 N–H and O–H groups in total. The van der Waals surface area contributed by atoms with Crippen molar-refractivity contribution in [3.63, 3.8) is 0 Å². The predicted molar refractivity (Wildman–Crippen MR) is 68.8 cm³/mol. The van der Waals surface area contributed by atoms with E-state index in [1.807, 2.05) is 0 Å². The number of hydrogen-bond acceptors (Lipinski definition) is 2. The quantitative estimate of drug-likeness (QED) is 0.270. The highest BCUT2D eigenvalue weighted by Crippen LogP contribution is 2.10. The van der Waals surface area contributed by atoms with Gasteiger partial charge in [-0.15, -0.1) is 0 Å². The molecular weight excluding hydrogens is 200 g/mol. The first-order chi connectivity index (χ1) is 7.68. The van der Waals surface area contributed by atoms with E-state index in [9.17, 15) is 4.79 Å². The summed E-state index contributed by atoms with van der Waals surface area (Å²) < 4.78 is 0. The molecule has 3 nitrogen and oxygen atoms in total. The van der Waals surface area contributed by atoms with Crippen LogP contribution in [0.1, 0.15) is 71.1 Å². The molecule has 0 unspecified atom stereocenters. The van der Waals surface area contributed by atoms with E-state index < -0.39 is 0 Å². The largest absolute Gasteiger partial charge is 0.284 e. The average molecular weight is 228 g/mol. The van der Waals surface area contributed by atoms with Crippen molar-refractivity contribution in [2.45, 2.75) is 71.1 Å². The molecule has 3 heteroatoms. The summed E-state index contributed by atoms with van der Waals surface area (Å²) in [6.45, 7) is 2.24. The lowest BCUT2D eigenvalue weighted by molar-refractivity contribution is -0.130. The second kappa shape index (κ2) is 10.9. The fourth-order valence-corrected chi connectivity index (χ4v) is 1.76. The number of hydrazine groups is 1. The summed E-state index contributed by atoms with van der Waals surface area (Å²) in [6, 6.07) is 0. The molecule has 0 aliphatic carbocycles. The molecule has 1 amide bonds. The van der Waals surface area contributed by atoms with Crippen LogP contribution in [0.25, 0.3) is 0 Å². The first kappa shape index (κ1) is 15.4. The van der Waals surface area contributed by atoms with Gasteiger partial charge in [0, 0.05) is 13.5 Å². The van der Waals surface area contributed by atoms with E-state index in [0.717, 1.165) is 12.8 Å². The van der Waals surface area contributed by atoms with Gasteiger partial charge in [-0.3, -0.25) is 9.80 Å². The van der Waals surface area contributed by atoms with Gasteiger partial charge in [-0.05, 0) is 6.42 Å². The minimum atomic E-state index is 0.0444. The monoisotopic (exact) mass is 228 g/mol. The lowest BCUT2D eigenvalue weighted by Crippen LogP contribution is -2.32. The average Bonchev–Trinajstić information content (AvgIpc) is 2.26. The zero-order valence-electron chi connectivity index (χ0n) is 11.0. The van der Waals surface area contributed by atoms with Crippen molar-refractivity contribution < 1.29 is 4.79 Å². The number of hydrogen-bond donors (Lipinski definition) is 1. The van der Waals surface area contributed by atoms with Crippen molar-refractivity contribution >= 4 is 5.91 Å². The first-order valence-corrected chi connectivity index (χ1v) is 6.69. The number of rotatable bonds is 10. The van der Waals surface area contributed by atoms with E-state index in [2.05, 4.69) is 6.92 Å². The Labute approximate surface area is 100 Å². The third kappa shape index (κ3) is 9.97. The van der Waals surface area contributed by atoms with Gasteiger partial charge in [0.05, 0.1) is 0 Å². The maximum Gasteiger partial charge on any atom is 0.236 e. The summed E-state index contributed by atoms with van der Waals surface area (Å²) in [4.78, 5) is 11.2. The molecule has 0 fully saturated rings. The van der Waals surface area contributed by atoms with Gasteiger partial charge in [0.2, 0.25) is 5.91 Å². The number of nitrogens with two attached hydrogens (primary N) is 1. The first-order valence-electron chi connectivity index (χ1n) is 6.69. The summed E-state index contributed by atoms with van der Waals surface area (Å²) in [5.74, 6) is 5.37. The van der Waals surface area contributed by atoms with Gasteiger partial charge in [0.15, 0.2) is 0 Å². The smallest absolute Gasteiger partial charge is 0.236 e. The van der Waals surface area contributed by atoms with E-state index in [1.165, 1.54) is 50.0 Å². The van der Waals surface area contributed by atoms with Crippen LogP contribution in [0.15, 0.2) is 0 Å². The Morgan fingerprint density at radius 1 is 0.938 bits per heavy atom. The minimum Gasteiger partial charge on any atom is -0.284 e. The van der Waals surface area contributed by atoms with Crippen molar-refractivity contribution in [1.29, 1.82) is 0 Å². The molecule has 0 saturated carbocycles. The lowest BCUT2D eigenvalue weighted by atomic mass is 10.1. The SMILES string of the molecule is CCCCCCCCCCCC(=O)N(C)N. The number of nitrogens with zero attached hydrogens (tertiary/aromatic N) is 1. The van der Waals surface area contributed by atoms with E-state index in [-0.39, 0.29) is 5.91 Å². The molecule has 0 aliphatic heterocycles. The molecule has 0 bridgehead atoms. The Morgan fingerprint density at radius 3 is 1.81 bits per heavy atom. The second-order valence-corrected chi connectivity index (χ2v) is 4.58. The fraction of sp³-hybridized carbons (Fsp3) is 0.923. The zero-order valence-corrected chi connectivity index (χ0v) is 11.0. The standard InChI is InChI=1S/C13H28N2O/c1-3-4-5-6-7-8-9-10-11-12-13(16)15(2)14/h3-12,14H2,1-2H3. The molecule has 0 atom stereocenters. The van der Waals surface area contributed by atoms with Gasteiger partial charge in [-0.2, -0.15) is 0 Å². The summed E-state index contributed by atoms with van der Waals surface area (Å²) in [6.07, 6.45) is 12.1. The molecule has 0 saturated heterocycles. The van der Waals surface area contributed by atoms with Crippen molar-refractivity contribution in [2.24, 2.45) is 5.84 Å². The number of unbranched alkanes of at least 4 members (excludes halogenated alkanes) is 8. The maximum absolute atomic E-state index is 11.2. The minimum absolute atomic E-state index is 0.0444. The van der Waals surface area contributed by atoms with Crippen molar-refractivity contribution in [3.8, 4) is 0 Å². The van der Waals surface area contributed by atoms with Gasteiger partial charge in [-0.25, -0.2) is 5.84 Å². The van der Waals surface area contributed by atoms with E-state index >= 15 is 0 Å². The molecule has 16 heavy (non-hydrogen) atoms. The molecule has 0 spiro atoms. The van der Waals surface area contributed by atoms with Crippen LogP contribution in [-0.4, -0.2) is 18.0 Å².